The Hall–Kier alpha value is -0.330. The molecule has 0 radical (unpaired) electrons. The maximum atomic E-state index is 6.70. The van der Waals surface area contributed by atoms with Crippen molar-refractivity contribution in [2.24, 2.45) is 0 Å². The number of halogens is 2. The van der Waals surface area contributed by atoms with Gasteiger partial charge in [-0.2, -0.15) is 0 Å². The Labute approximate surface area is 76.1 Å². The summed E-state index contributed by atoms with van der Waals surface area (Å²) >= 11 is 6.61. The molecule has 0 heterocycles. The lowest BCUT2D eigenvalue weighted by atomic mass is 10.3. The Balaban J connectivity index is 3.20. The fraction of sp³-hybridized carbons (Fsp3) is 0. The van der Waals surface area contributed by atoms with E-state index in [1.54, 1.807) is 12.1 Å². The van der Waals surface area contributed by atoms with Crippen LogP contribution in [0.4, 0.5) is 5.69 Å². The standard InChI is InChI=1S/C7H3Br2N/c1-10-5-2-3-6(8)7(9)4-5/h2-4H. The first kappa shape index (κ1) is 7.77. The topological polar surface area (TPSA) is 4.36 Å². The first-order valence-electron chi connectivity index (χ1n) is 2.56. The molecule has 1 rings (SSSR count). The van der Waals surface area contributed by atoms with Crippen molar-refractivity contribution < 1.29 is 0 Å². The van der Waals surface area contributed by atoms with Gasteiger partial charge in [-0.1, -0.05) is 28.1 Å². The van der Waals surface area contributed by atoms with Crippen LogP contribution in [0.1, 0.15) is 0 Å². The molecule has 0 bridgehead atoms. The van der Waals surface area contributed by atoms with E-state index < -0.39 is 0 Å². The van der Waals surface area contributed by atoms with Crippen molar-refractivity contribution >= 4 is 37.5 Å². The third-order valence-electron chi connectivity index (χ3n) is 1.03. The summed E-state index contributed by atoms with van der Waals surface area (Å²) < 4.78 is 1.89. The summed E-state index contributed by atoms with van der Waals surface area (Å²) in [7, 11) is 0. The number of hydrogen-bond acceptors (Lipinski definition) is 0. The van der Waals surface area contributed by atoms with Gasteiger partial charge in [-0.3, -0.25) is 0 Å². The summed E-state index contributed by atoms with van der Waals surface area (Å²) in [5, 5.41) is 0. The second-order valence-corrected chi connectivity index (χ2v) is 3.42. The van der Waals surface area contributed by atoms with Crippen LogP contribution in [0.5, 0.6) is 0 Å². The summed E-state index contributed by atoms with van der Waals surface area (Å²) in [5.74, 6) is 0. The highest BCUT2D eigenvalue weighted by Crippen LogP contribution is 2.27. The molecule has 3 heteroatoms. The van der Waals surface area contributed by atoms with Gasteiger partial charge in [-0.25, -0.2) is 4.85 Å². The smallest absolute Gasteiger partial charge is 0.188 e. The van der Waals surface area contributed by atoms with Crippen molar-refractivity contribution in [2.75, 3.05) is 0 Å². The Morgan fingerprint density at radius 3 is 2.40 bits per heavy atom. The average Bonchev–Trinajstić information content (AvgIpc) is 1.95. The number of nitrogens with zero attached hydrogens (tertiary/aromatic N) is 1. The third-order valence-corrected chi connectivity index (χ3v) is 2.91. The molecule has 0 aliphatic rings. The van der Waals surface area contributed by atoms with E-state index in [0.29, 0.717) is 5.69 Å². The minimum atomic E-state index is 0.648. The molecule has 0 saturated heterocycles. The quantitative estimate of drug-likeness (QED) is 0.626. The first-order chi connectivity index (χ1) is 4.74. The molecule has 0 amide bonds. The summed E-state index contributed by atoms with van der Waals surface area (Å²) in [6, 6.07) is 5.39. The molecule has 0 unspecified atom stereocenters. The molecule has 0 aliphatic heterocycles. The average molecular weight is 261 g/mol. The van der Waals surface area contributed by atoms with Crippen molar-refractivity contribution in [1.82, 2.24) is 0 Å². The van der Waals surface area contributed by atoms with Gasteiger partial charge in [0, 0.05) is 8.95 Å². The van der Waals surface area contributed by atoms with Crippen LogP contribution >= 0.6 is 31.9 Å². The number of hydrogen-bond donors (Lipinski definition) is 0. The van der Waals surface area contributed by atoms with Gasteiger partial charge in [0.05, 0.1) is 6.57 Å². The molecule has 1 nitrogen and oxygen atoms in total. The van der Waals surface area contributed by atoms with E-state index in [1.807, 2.05) is 6.07 Å². The highest BCUT2D eigenvalue weighted by atomic mass is 79.9. The minimum Gasteiger partial charge on any atom is -0.238 e. The highest BCUT2D eigenvalue weighted by molar-refractivity contribution is 9.13. The maximum Gasteiger partial charge on any atom is 0.188 e. The van der Waals surface area contributed by atoms with Crippen molar-refractivity contribution in [3.63, 3.8) is 0 Å². The zero-order valence-electron chi connectivity index (χ0n) is 4.94. The van der Waals surface area contributed by atoms with E-state index in [0.717, 1.165) is 8.95 Å². The Kier molecular flexibility index (Phi) is 2.47. The van der Waals surface area contributed by atoms with E-state index in [9.17, 15) is 0 Å². The van der Waals surface area contributed by atoms with Crippen LogP contribution in [0.25, 0.3) is 4.85 Å². The van der Waals surface area contributed by atoms with Gasteiger partial charge in [0.15, 0.2) is 5.69 Å². The molecule has 0 fully saturated rings. The molecule has 1 aromatic carbocycles. The normalized spacial score (nSPS) is 8.90. The van der Waals surface area contributed by atoms with Gasteiger partial charge in [-0.15, -0.1) is 0 Å². The zero-order valence-corrected chi connectivity index (χ0v) is 8.11. The molecular weight excluding hydrogens is 258 g/mol. The van der Waals surface area contributed by atoms with Crippen molar-refractivity contribution in [3.05, 3.63) is 38.6 Å². The van der Waals surface area contributed by atoms with Crippen molar-refractivity contribution in [1.29, 1.82) is 0 Å². The Morgan fingerprint density at radius 1 is 1.20 bits per heavy atom. The van der Waals surface area contributed by atoms with E-state index in [-0.39, 0.29) is 0 Å². The lowest BCUT2D eigenvalue weighted by Gasteiger charge is -1.93. The fourth-order valence-electron chi connectivity index (χ4n) is 0.555. The van der Waals surface area contributed by atoms with Gasteiger partial charge in [-0.05, 0) is 22.0 Å². The van der Waals surface area contributed by atoms with Gasteiger partial charge < -0.3 is 0 Å². The molecule has 50 valence electrons. The number of benzene rings is 1. The van der Waals surface area contributed by atoms with E-state index >= 15 is 0 Å². The Bertz CT molecular complexity index is 288. The van der Waals surface area contributed by atoms with E-state index in [4.69, 9.17) is 6.57 Å². The SMILES string of the molecule is [C-]#[N+]c1ccc(Br)c(Br)c1. The predicted octanol–water partition coefficient (Wildman–Crippen LogP) is 3.76. The van der Waals surface area contributed by atoms with Crippen LogP contribution in [0.3, 0.4) is 0 Å². The summed E-state index contributed by atoms with van der Waals surface area (Å²) in [4.78, 5) is 3.27. The van der Waals surface area contributed by atoms with Crippen LogP contribution in [0.15, 0.2) is 27.1 Å². The van der Waals surface area contributed by atoms with Gasteiger partial charge in [0.1, 0.15) is 0 Å². The fourth-order valence-corrected chi connectivity index (χ4v) is 1.17. The van der Waals surface area contributed by atoms with Gasteiger partial charge >= 0.3 is 0 Å². The lowest BCUT2D eigenvalue weighted by molar-refractivity contribution is 1.60. The minimum absolute atomic E-state index is 0.648. The summed E-state index contributed by atoms with van der Waals surface area (Å²) in [5.41, 5.74) is 0.648. The molecule has 0 spiro atoms. The molecule has 0 saturated carbocycles. The van der Waals surface area contributed by atoms with Crippen molar-refractivity contribution in [3.8, 4) is 0 Å². The lowest BCUT2D eigenvalue weighted by Crippen LogP contribution is -1.66. The molecule has 0 atom stereocenters. The maximum absolute atomic E-state index is 6.70. The van der Waals surface area contributed by atoms with E-state index in [2.05, 4.69) is 36.7 Å². The predicted molar refractivity (Wildman–Crippen MR) is 48.1 cm³/mol. The van der Waals surface area contributed by atoms with Crippen molar-refractivity contribution in [2.45, 2.75) is 0 Å². The molecule has 1 aromatic rings. The molecule has 10 heavy (non-hydrogen) atoms. The zero-order chi connectivity index (χ0) is 7.56. The molecule has 0 aliphatic carbocycles. The van der Waals surface area contributed by atoms with Crippen LogP contribution in [0, 0.1) is 6.57 Å². The molecular formula is C7H3Br2N. The summed E-state index contributed by atoms with van der Waals surface area (Å²) in [6.07, 6.45) is 0. The van der Waals surface area contributed by atoms with Crippen LogP contribution in [0.2, 0.25) is 0 Å². The Morgan fingerprint density at radius 2 is 1.90 bits per heavy atom. The summed E-state index contributed by atoms with van der Waals surface area (Å²) in [6.45, 7) is 6.70. The first-order valence-corrected chi connectivity index (χ1v) is 4.15. The van der Waals surface area contributed by atoms with Crippen LogP contribution in [-0.2, 0) is 0 Å². The third kappa shape index (κ3) is 1.59. The van der Waals surface area contributed by atoms with Crippen LogP contribution < -0.4 is 0 Å². The number of rotatable bonds is 0. The monoisotopic (exact) mass is 259 g/mol. The molecule has 0 N–H and O–H groups in total. The van der Waals surface area contributed by atoms with Crippen LogP contribution in [-0.4, -0.2) is 0 Å². The highest BCUT2D eigenvalue weighted by Gasteiger charge is 1.95. The second kappa shape index (κ2) is 3.18. The largest absolute Gasteiger partial charge is 0.238 e. The van der Waals surface area contributed by atoms with E-state index in [1.165, 1.54) is 0 Å². The second-order valence-electron chi connectivity index (χ2n) is 1.71. The van der Waals surface area contributed by atoms with Gasteiger partial charge in [0.2, 0.25) is 0 Å². The van der Waals surface area contributed by atoms with Gasteiger partial charge in [0.25, 0.3) is 0 Å². The molecule has 0 aromatic heterocycles.